The molecule has 0 aromatic heterocycles. The fraction of sp³-hybridized carbons (Fsp3) is 0.643. The van der Waals surface area contributed by atoms with E-state index in [0.29, 0.717) is 6.42 Å². The Kier molecular flexibility index (Phi) is 15.7. The zero-order valence-corrected chi connectivity index (χ0v) is 27.9. The van der Waals surface area contributed by atoms with Gasteiger partial charge in [0.15, 0.2) is 5.96 Å². The monoisotopic (exact) mass is 715 g/mol. The Bertz CT molecular complexity index is 1340. The summed E-state index contributed by atoms with van der Waals surface area (Å²) in [7, 11) is 0. The number of aliphatic imine (C=N–C) groups is 1. The van der Waals surface area contributed by atoms with Crippen molar-refractivity contribution in [1.29, 1.82) is 0 Å². The van der Waals surface area contributed by atoms with E-state index in [1.165, 1.54) is 13.8 Å². The van der Waals surface area contributed by atoms with Crippen molar-refractivity contribution in [2.24, 2.45) is 27.9 Å². The number of aliphatic hydroxyl groups excluding tert-OH is 1. The summed E-state index contributed by atoms with van der Waals surface area (Å²) in [5.41, 5.74) is 21.3. The number of esters is 1. The Hall–Kier alpha value is -4.47. The van der Waals surface area contributed by atoms with E-state index >= 15 is 0 Å². The largest absolute Gasteiger partial charge is 0.480 e. The van der Waals surface area contributed by atoms with Gasteiger partial charge in [-0.3, -0.25) is 38.7 Å². The maximum Gasteiger partial charge on any atom is 0.352 e. The van der Waals surface area contributed by atoms with E-state index < -0.39 is 102 Å². The number of nitrogens with one attached hydrogen (secondary N) is 3. The number of carboxylic acids is 2. The van der Waals surface area contributed by atoms with Gasteiger partial charge in [0, 0.05) is 24.3 Å². The minimum Gasteiger partial charge on any atom is -0.480 e. The average Bonchev–Trinajstić information content (AvgIpc) is 3.02. The summed E-state index contributed by atoms with van der Waals surface area (Å²) in [5.74, 6) is -6.14. The lowest BCUT2D eigenvalue weighted by Gasteiger charge is -2.49. The predicted molar refractivity (Wildman–Crippen MR) is 174 cm³/mol. The third-order valence-electron chi connectivity index (χ3n) is 7.51. The molecule has 49 heavy (non-hydrogen) atoms. The number of hydrogen-bond acceptors (Lipinski definition) is 13. The molecule has 1 saturated heterocycles. The van der Waals surface area contributed by atoms with E-state index in [9.17, 15) is 43.8 Å². The van der Waals surface area contributed by atoms with Crippen molar-refractivity contribution in [2.75, 3.05) is 18.9 Å². The van der Waals surface area contributed by atoms with Crippen LogP contribution < -0.4 is 38.9 Å². The van der Waals surface area contributed by atoms with Crippen molar-refractivity contribution >= 4 is 59.3 Å². The van der Waals surface area contributed by atoms with Gasteiger partial charge in [-0.1, -0.05) is 0 Å². The van der Waals surface area contributed by atoms with Gasteiger partial charge < -0.3 is 58.9 Å². The summed E-state index contributed by atoms with van der Waals surface area (Å²) < 4.78 is 5.25. The van der Waals surface area contributed by atoms with Crippen LogP contribution in [-0.2, 0) is 38.3 Å². The molecule has 2 rings (SSSR count). The van der Waals surface area contributed by atoms with Crippen molar-refractivity contribution in [3.05, 3.63) is 11.3 Å². The molecule has 20 nitrogen and oxygen atoms in total. The van der Waals surface area contributed by atoms with Crippen LogP contribution in [-0.4, -0.2) is 128 Å². The van der Waals surface area contributed by atoms with E-state index in [4.69, 9.17) is 32.8 Å². The lowest BCUT2D eigenvalue weighted by atomic mass is 10.0. The quantitative estimate of drug-likeness (QED) is 0.0189. The Balaban J connectivity index is 2.01. The third-order valence-corrected chi connectivity index (χ3v) is 8.85. The van der Waals surface area contributed by atoms with Crippen molar-refractivity contribution < 1.29 is 53.6 Å². The molecule has 2 aliphatic heterocycles. The normalized spacial score (nSPS) is 19.9. The smallest absolute Gasteiger partial charge is 0.352 e. The number of β-lactam (4-membered cyclic amide) rings is 1. The molecule has 4 amide bonds. The predicted octanol–water partition coefficient (Wildman–Crippen LogP) is -4.01. The van der Waals surface area contributed by atoms with Crippen LogP contribution in [0.1, 0.15) is 52.4 Å². The highest BCUT2D eigenvalue weighted by atomic mass is 32.2. The molecule has 7 atom stereocenters. The first kappa shape index (κ1) is 40.7. The van der Waals surface area contributed by atoms with Gasteiger partial charge >= 0.3 is 17.9 Å². The van der Waals surface area contributed by atoms with Crippen molar-refractivity contribution in [1.82, 2.24) is 20.9 Å². The fourth-order valence-corrected chi connectivity index (χ4v) is 6.11. The van der Waals surface area contributed by atoms with Gasteiger partial charge in [-0.25, -0.2) is 4.79 Å². The van der Waals surface area contributed by atoms with Crippen LogP contribution >= 0.6 is 11.8 Å². The topological polar surface area (TPSA) is 345 Å². The number of carbonyl (C=O) groups is 7. The molecule has 0 aromatic carbocycles. The Morgan fingerprint density at radius 1 is 1.04 bits per heavy atom. The number of hydrogen-bond donors (Lipinski definition) is 10. The number of guanidine groups is 1. The molecule has 2 aliphatic rings. The highest BCUT2D eigenvalue weighted by molar-refractivity contribution is 8.00. The Labute approximate surface area is 285 Å². The van der Waals surface area contributed by atoms with Gasteiger partial charge in [-0.15, -0.1) is 11.8 Å². The van der Waals surface area contributed by atoms with E-state index in [1.807, 2.05) is 0 Å². The van der Waals surface area contributed by atoms with E-state index in [0.717, 1.165) is 16.7 Å². The zero-order chi connectivity index (χ0) is 37.0. The highest BCUT2D eigenvalue weighted by Gasteiger charge is 2.54. The number of rotatable bonds is 20. The number of fused-ring (bicyclic) bond motifs is 1. The summed E-state index contributed by atoms with van der Waals surface area (Å²) >= 11 is 1.14. The van der Waals surface area contributed by atoms with Crippen LogP contribution in [0.4, 0.5) is 0 Å². The maximum atomic E-state index is 12.9. The van der Waals surface area contributed by atoms with Crippen LogP contribution in [0, 0.1) is 0 Å². The zero-order valence-electron chi connectivity index (χ0n) is 27.1. The summed E-state index contributed by atoms with van der Waals surface area (Å²) in [5, 5.41) is 36.4. The number of amides is 4. The number of ether oxygens (including phenoxy) is 1. The number of aliphatic hydroxyl groups is 1. The second-order valence-corrected chi connectivity index (χ2v) is 12.7. The van der Waals surface area contributed by atoms with Crippen molar-refractivity contribution in [2.45, 2.75) is 94.1 Å². The summed E-state index contributed by atoms with van der Waals surface area (Å²) in [6, 6.07) is -5.02. The minimum atomic E-state index is -1.47. The Morgan fingerprint density at radius 3 is 2.31 bits per heavy atom. The molecule has 0 radical (unpaired) electrons. The molecule has 274 valence electrons. The van der Waals surface area contributed by atoms with Crippen molar-refractivity contribution in [3.63, 3.8) is 0 Å². The van der Waals surface area contributed by atoms with Gasteiger partial charge in [0.1, 0.15) is 35.8 Å². The molecule has 0 saturated carbocycles. The number of aliphatic carboxylic acids is 2. The van der Waals surface area contributed by atoms with Gasteiger partial charge in [-0.2, -0.15) is 0 Å². The van der Waals surface area contributed by atoms with Crippen molar-refractivity contribution in [3.8, 4) is 0 Å². The van der Waals surface area contributed by atoms with E-state index in [1.54, 1.807) is 0 Å². The molecule has 21 heteroatoms. The third kappa shape index (κ3) is 12.2. The molecule has 0 aliphatic carbocycles. The SMILES string of the molecule is CC(N)C(=O)N[C@@H](C)C(=O)N[C@@H](CCCN=C(N)N)[C@H](O)CC(=O)OCC1=C(C(=O)O)N2C(=O)[C@@H](NC(=O)CCC[C@@H](N)C(=O)O)C2SC1. The molecule has 0 spiro atoms. The van der Waals surface area contributed by atoms with Gasteiger partial charge in [0.05, 0.1) is 24.6 Å². The van der Waals surface area contributed by atoms with E-state index in [2.05, 4.69) is 20.9 Å². The summed E-state index contributed by atoms with van der Waals surface area (Å²) in [6.07, 6.45) is -1.50. The molecule has 0 bridgehead atoms. The number of carbonyl (C=O) groups excluding carboxylic acids is 5. The maximum absolute atomic E-state index is 12.9. The van der Waals surface area contributed by atoms with Crippen LogP contribution in [0.3, 0.4) is 0 Å². The summed E-state index contributed by atoms with van der Waals surface area (Å²) in [4.78, 5) is 90.4. The minimum absolute atomic E-state index is 0.0419. The van der Waals surface area contributed by atoms with Gasteiger partial charge in [0.25, 0.3) is 5.91 Å². The standard InChI is InChI=1S/C28H45N9O11S/c1-12(29)22(41)34-13(2)23(42)35-16(6-4-8-33-28(31)32)17(38)9-19(40)48-10-14-11-49-25-20(24(43)37(25)21(14)27(46)47)36-18(39)7-3-5-15(30)26(44)45/h12-13,15-17,20,25,38H,3-11,29-30H2,1-2H3,(H,34,41)(H,35,42)(H,36,39)(H,44,45)(H,46,47)(H4,31,32,33)/t12?,13-,15+,16-,17+,20+,25?/m0/s1. The number of nitrogens with zero attached hydrogens (tertiary/aromatic N) is 2. The molecular weight excluding hydrogens is 670 g/mol. The van der Waals surface area contributed by atoms with Crippen LogP contribution in [0.25, 0.3) is 0 Å². The molecule has 1 fully saturated rings. The lowest BCUT2D eigenvalue weighted by Crippen LogP contribution is -2.70. The Morgan fingerprint density at radius 2 is 1.71 bits per heavy atom. The van der Waals surface area contributed by atoms with E-state index in [-0.39, 0.29) is 49.5 Å². The first-order valence-corrected chi connectivity index (χ1v) is 16.4. The summed E-state index contributed by atoms with van der Waals surface area (Å²) in [6.45, 7) is 2.50. The van der Waals surface area contributed by atoms with Gasteiger partial charge in [-0.05, 0) is 39.5 Å². The molecule has 0 aromatic rings. The van der Waals surface area contributed by atoms with Crippen LogP contribution in [0.2, 0.25) is 0 Å². The fourth-order valence-electron chi connectivity index (χ4n) is 4.78. The number of carboxylic acid groups (broad SMARTS) is 2. The first-order chi connectivity index (χ1) is 22.9. The second-order valence-electron chi connectivity index (χ2n) is 11.6. The molecule has 2 heterocycles. The number of nitrogens with two attached hydrogens (primary N) is 4. The highest BCUT2D eigenvalue weighted by Crippen LogP contribution is 2.40. The second kappa shape index (κ2) is 18.9. The first-order valence-electron chi connectivity index (χ1n) is 15.4. The van der Waals surface area contributed by atoms with Crippen LogP contribution in [0.5, 0.6) is 0 Å². The lowest BCUT2D eigenvalue weighted by molar-refractivity contribution is -0.151. The number of thioether (sulfide) groups is 1. The van der Waals surface area contributed by atoms with Crippen LogP contribution in [0.15, 0.2) is 16.3 Å². The average molecular weight is 716 g/mol. The molecule has 2 unspecified atom stereocenters. The van der Waals surface area contributed by atoms with Gasteiger partial charge in [0.2, 0.25) is 17.7 Å². The molecule has 14 N–H and O–H groups in total. The molecular formula is C28H45N9O11S.